The van der Waals surface area contributed by atoms with Gasteiger partial charge in [0.25, 0.3) is 0 Å². The van der Waals surface area contributed by atoms with Gasteiger partial charge in [-0.3, -0.25) is 9.69 Å². The lowest BCUT2D eigenvalue weighted by atomic mass is 9.75. The number of hydrogen-bond donors (Lipinski definition) is 2. The summed E-state index contributed by atoms with van der Waals surface area (Å²) in [6.07, 6.45) is 2.68. The monoisotopic (exact) mass is 654 g/mol. The fourth-order valence-electron chi connectivity index (χ4n) is 7.86. The van der Waals surface area contributed by atoms with Crippen LogP contribution in [0.15, 0.2) is 49.1 Å². The molecule has 1 fully saturated rings. The van der Waals surface area contributed by atoms with Crippen molar-refractivity contribution in [2.45, 2.75) is 63.7 Å². The van der Waals surface area contributed by atoms with Crippen LogP contribution in [0.4, 0.5) is 4.79 Å². The smallest absolute Gasteiger partial charge is 0.514 e. The van der Waals surface area contributed by atoms with E-state index in [4.69, 9.17) is 29.0 Å². The number of aryl methyl sites for hydroxylation is 2. The molecule has 3 aromatic carbocycles. The molecule has 1 saturated heterocycles. The highest BCUT2D eigenvalue weighted by molar-refractivity contribution is 5.77. The summed E-state index contributed by atoms with van der Waals surface area (Å²) in [5.41, 5.74) is 5.95. The molecule has 2 N–H and O–H groups in total. The maximum absolute atomic E-state index is 13.3. The molecule has 4 aliphatic rings. The average Bonchev–Trinajstić information content (AvgIpc) is 3.58. The third-order valence-electron chi connectivity index (χ3n) is 9.87. The lowest BCUT2D eigenvalue weighted by Gasteiger charge is -2.62. The predicted octanol–water partition coefficient (Wildman–Crippen LogP) is 5.52. The number of fused-ring (bicyclic) bond motifs is 9. The van der Waals surface area contributed by atoms with Crippen molar-refractivity contribution in [1.29, 1.82) is 0 Å². The van der Waals surface area contributed by atoms with Crippen LogP contribution in [0.25, 0.3) is 5.32 Å². The van der Waals surface area contributed by atoms with Crippen LogP contribution in [0.1, 0.15) is 57.4 Å². The van der Waals surface area contributed by atoms with Gasteiger partial charge in [0.05, 0.1) is 13.2 Å². The summed E-state index contributed by atoms with van der Waals surface area (Å²) in [6.45, 7) is 8.32. The molecule has 252 valence electrons. The van der Waals surface area contributed by atoms with Crippen molar-refractivity contribution >= 4 is 12.1 Å². The number of piperazine rings is 1. The topological polar surface area (TPSA) is 130 Å². The summed E-state index contributed by atoms with van der Waals surface area (Å²) < 4.78 is 28.8. The molecule has 0 aliphatic carbocycles. The molecule has 7 rings (SSSR count). The number of carbonyl (C=O) groups excluding carboxylic acids is 2. The van der Waals surface area contributed by atoms with Gasteiger partial charge in [-0.05, 0) is 61.9 Å². The van der Waals surface area contributed by atoms with E-state index in [-0.39, 0.29) is 49.7 Å². The molecule has 1 unspecified atom stereocenters. The zero-order valence-corrected chi connectivity index (χ0v) is 27.4. The van der Waals surface area contributed by atoms with Gasteiger partial charge >= 0.3 is 6.16 Å². The van der Waals surface area contributed by atoms with E-state index in [0.29, 0.717) is 60.8 Å². The zero-order chi connectivity index (χ0) is 33.5. The number of benzene rings is 3. The lowest BCUT2D eigenvalue weighted by Crippen LogP contribution is -2.57. The van der Waals surface area contributed by atoms with Gasteiger partial charge in [-0.25, -0.2) is 4.79 Å². The first-order valence-corrected chi connectivity index (χ1v) is 16.3. The number of nitrogens with one attached hydrogen (secondary N) is 1. The molecule has 2 bridgehead atoms. The normalized spacial score (nSPS) is 21.7. The van der Waals surface area contributed by atoms with Crippen molar-refractivity contribution in [3.63, 3.8) is 0 Å². The number of aromatic hydroxyl groups is 1. The standard InChI is InChI=1S/C37H40N3O8/c1-5-13-45-37(43)48-34-21(3)35-36(47-19-46-35)30-25(34)16-26-31-29-23(14-20(2)33(44-4)32(29)42)15-24(39-31)18-40(26)27(30)17-38-28(41)12-11-22-9-7-6-8-10-22/h5-10,14,24,26-27,31,42H,1,11-13,15-19H2,2-4H3,(H,38,41)/q-1/t24-,26?,27-,31-/m0/s1. The highest BCUT2D eigenvalue weighted by Gasteiger charge is 2.47. The van der Waals surface area contributed by atoms with Crippen LogP contribution in [0, 0.1) is 13.8 Å². The largest absolute Gasteiger partial charge is 0.650 e. The first-order valence-electron chi connectivity index (χ1n) is 16.3. The van der Waals surface area contributed by atoms with E-state index in [1.165, 1.54) is 6.08 Å². The predicted molar refractivity (Wildman–Crippen MR) is 177 cm³/mol. The van der Waals surface area contributed by atoms with Gasteiger partial charge in [-0.2, -0.15) is 0 Å². The number of ether oxygens (including phenoxy) is 5. The summed E-state index contributed by atoms with van der Waals surface area (Å²) >= 11 is 0. The Morgan fingerprint density at radius 1 is 1.12 bits per heavy atom. The van der Waals surface area contributed by atoms with Gasteiger partial charge in [0, 0.05) is 35.7 Å². The maximum atomic E-state index is 13.3. The summed E-state index contributed by atoms with van der Waals surface area (Å²) in [5, 5.41) is 20.0. The Morgan fingerprint density at radius 2 is 1.92 bits per heavy atom. The molecule has 48 heavy (non-hydrogen) atoms. The van der Waals surface area contributed by atoms with E-state index in [9.17, 15) is 14.7 Å². The number of methoxy groups -OCH3 is 1. The molecule has 4 atom stereocenters. The van der Waals surface area contributed by atoms with Gasteiger partial charge in [0.15, 0.2) is 23.0 Å². The fourth-order valence-corrected chi connectivity index (χ4v) is 7.86. The van der Waals surface area contributed by atoms with Crippen LogP contribution in [-0.4, -0.2) is 67.8 Å². The number of hydrogen-bond acceptors (Lipinski definition) is 9. The van der Waals surface area contributed by atoms with Gasteiger partial charge in [0.1, 0.15) is 12.4 Å². The number of rotatable bonds is 9. The summed E-state index contributed by atoms with van der Waals surface area (Å²) in [6, 6.07) is 11.0. The number of carbonyl (C=O) groups is 2. The molecule has 11 heteroatoms. The Balaban J connectivity index is 1.30. The molecule has 3 aromatic rings. The van der Waals surface area contributed by atoms with Crippen LogP contribution in [-0.2, 0) is 28.8 Å². The lowest BCUT2D eigenvalue weighted by molar-refractivity contribution is -0.121. The zero-order valence-electron chi connectivity index (χ0n) is 27.4. The SMILES string of the molecule is C=CCOC(=O)Oc1c(C)c2c(c3c1CC1[C@@H]4[N-][C@@H](Cc5cc(C)c(OC)c(O)c54)CN1[C@H]3CNC(=O)CCc1ccccc1)OCO2. The van der Waals surface area contributed by atoms with Crippen LogP contribution in [0.2, 0.25) is 0 Å². The molecule has 11 nitrogen and oxygen atoms in total. The Morgan fingerprint density at radius 3 is 2.69 bits per heavy atom. The quantitative estimate of drug-likeness (QED) is 0.174. The van der Waals surface area contributed by atoms with E-state index in [1.54, 1.807) is 7.11 Å². The second-order valence-corrected chi connectivity index (χ2v) is 12.7. The number of phenolic OH excluding ortho intramolecular Hbond substituents is 1. The highest BCUT2D eigenvalue weighted by atomic mass is 16.7. The first kappa shape index (κ1) is 31.8. The number of phenols is 1. The van der Waals surface area contributed by atoms with Crippen molar-refractivity contribution < 1.29 is 38.4 Å². The Bertz CT molecular complexity index is 1760. The minimum absolute atomic E-state index is 0.00167. The van der Waals surface area contributed by atoms with Gasteiger partial charge in [0.2, 0.25) is 12.7 Å². The van der Waals surface area contributed by atoms with Crippen molar-refractivity contribution in [3.05, 3.63) is 93.3 Å². The van der Waals surface area contributed by atoms with E-state index in [0.717, 1.165) is 33.4 Å². The Kier molecular flexibility index (Phi) is 8.65. The minimum Gasteiger partial charge on any atom is -0.650 e. The Hall–Kier alpha value is -4.74. The molecular formula is C37H40N3O8-. The second-order valence-electron chi connectivity index (χ2n) is 12.7. The van der Waals surface area contributed by atoms with Crippen LogP contribution < -0.4 is 24.3 Å². The maximum Gasteiger partial charge on any atom is 0.514 e. The van der Waals surface area contributed by atoms with Gasteiger partial charge in [-0.15, -0.1) is 6.04 Å². The van der Waals surface area contributed by atoms with Crippen LogP contribution in [0.3, 0.4) is 0 Å². The molecular weight excluding hydrogens is 614 g/mol. The third kappa shape index (κ3) is 5.60. The minimum atomic E-state index is -0.860. The molecule has 0 spiro atoms. The molecule has 1 amide bonds. The second kappa shape index (κ2) is 13.0. The third-order valence-corrected chi connectivity index (χ3v) is 9.87. The molecule has 4 aliphatic heterocycles. The van der Waals surface area contributed by atoms with Crippen molar-refractivity contribution in [2.24, 2.45) is 0 Å². The molecule has 0 radical (unpaired) electrons. The Labute approximate surface area is 279 Å². The van der Waals surface area contributed by atoms with E-state index >= 15 is 0 Å². The van der Waals surface area contributed by atoms with E-state index < -0.39 is 12.2 Å². The first-order chi connectivity index (χ1) is 23.3. The summed E-state index contributed by atoms with van der Waals surface area (Å²) in [7, 11) is 1.55. The van der Waals surface area contributed by atoms with Crippen LogP contribution in [0.5, 0.6) is 28.7 Å². The summed E-state index contributed by atoms with van der Waals surface area (Å²) in [5.74, 6) is 1.90. The van der Waals surface area contributed by atoms with Crippen molar-refractivity contribution in [3.8, 4) is 28.7 Å². The highest BCUT2D eigenvalue weighted by Crippen LogP contribution is 2.58. The molecule has 4 heterocycles. The summed E-state index contributed by atoms with van der Waals surface area (Å²) in [4.78, 5) is 28.5. The van der Waals surface area contributed by atoms with Gasteiger partial charge < -0.3 is 39.4 Å². The average molecular weight is 655 g/mol. The fraction of sp³-hybridized carbons (Fsp3) is 0.405. The van der Waals surface area contributed by atoms with Crippen molar-refractivity contribution in [2.75, 3.05) is 33.6 Å². The number of nitrogens with zero attached hydrogens (tertiary/aromatic N) is 2. The van der Waals surface area contributed by atoms with Gasteiger partial charge in [-0.1, -0.05) is 55.1 Å². The number of amides is 1. The molecule has 0 saturated carbocycles. The molecule has 0 aromatic heterocycles. The van der Waals surface area contributed by atoms with Crippen LogP contribution >= 0.6 is 0 Å². The van der Waals surface area contributed by atoms with E-state index in [1.807, 2.05) is 44.2 Å². The van der Waals surface area contributed by atoms with E-state index in [2.05, 4.69) is 22.9 Å². The van der Waals surface area contributed by atoms with Crippen molar-refractivity contribution in [1.82, 2.24) is 10.2 Å².